The molecular formula is C15H12N2O3. The van der Waals surface area contributed by atoms with Crippen molar-refractivity contribution < 1.29 is 9.90 Å². The average Bonchev–Trinajstić information content (AvgIpc) is 2.78. The fourth-order valence-electron chi connectivity index (χ4n) is 2.32. The van der Waals surface area contributed by atoms with Gasteiger partial charge >= 0.3 is 11.7 Å². The molecule has 0 bridgehead atoms. The number of carbonyl (C=O) groups is 1. The zero-order valence-electron chi connectivity index (χ0n) is 10.5. The Bertz CT molecular complexity index is 845. The first kappa shape index (κ1) is 12.2. The second-order valence-corrected chi connectivity index (χ2v) is 4.58. The summed E-state index contributed by atoms with van der Waals surface area (Å²) in [6.07, 6.45) is -0.0204. The molecule has 3 aromatic rings. The Hall–Kier alpha value is -2.82. The standard InChI is InChI=1S/C15H12N2O3/c18-13(19)8-9-3-1-4-10(7-9)11-5-2-6-12-14(11)17-15(20)16-12/h1-7H,8H2,(H,18,19)(H2,16,17,20). The van der Waals surface area contributed by atoms with Crippen molar-refractivity contribution in [2.75, 3.05) is 0 Å². The van der Waals surface area contributed by atoms with Gasteiger partial charge in [0.1, 0.15) is 0 Å². The molecule has 0 aliphatic carbocycles. The molecule has 0 radical (unpaired) electrons. The normalized spacial score (nSPS) is 10.8. The summed E-state index contributed by atoms with van der Waals surface area (Å²) < 4.78 is 0. The number of fused-ring (bicyclic) bond motifs is 1. The maximum atomic E-state index is 11.4. The monoisotopic (exact) mass is 268 g/mol. The topological polar surface area (TPSA) is 85.9 Å². The molecule has 3 N–H and O–H groups in total. The van der Waals surface area contributed by atoms with Gasteiger partial charge in [-0.2, -0.15) is 0 Å². The Balaban J connectivity index is 2.15. The Morgan fingerprint density at radius 1 is 1.10 bits per heavy atom. The van der Waals surface area contributed by atoms with E-state index in [2.05, 4.69) is 9.97 Å². The molecule has 0 spiro atoms. The molecule has 5 heteroatoms. The van der Waals surface area contributed by atoms with Crippen molar-refractivity contribution in [1.82, 2.24) is 9.97 Å². The molecule has 0 unspecified atom stereocenters. The van der Waals surface area contributed by atoms with Gasteiger partial charge in [0.05, 0.1) is 17.5 Å². The van der Waals surface area contributed by atoms with Crippen LogP contribution >= 0.6 is 0 Å². The number of nitrogens with one attached hydrogen (secondary N) is 2. The van der Waals surface area contributed by atoms with Gasteiger partial charge in [0.25, 0.3) is 0 Å². The van der Waals surface area contributed by atoms with Gasteiger partial charge in [0.15, 0.2) is 0 Å². The molecule has 100 valence electrons. The molecule has 20 heavy (non-hydrogen) atoms. The highest BCUT2D eigenvalue weighted by Crippen LogP contribution is 2.26. The highest BCUT2D eigenvalue weighted by molar-refractivity contribution is 5.91. The number of carboxylic acids is 1. The lowest BCUT2D eigenvalue weighted by molar-refractivity contribution is -0.136. The van der Waals surface area contributed by atoms with Crippen molar-refractivity contribution >= 4 is 17.0 Å². The van der Waals surface area contributed by atoms with Crippen LogP contribution in [0.1, 0.15) is 5.56 Å². The molecule has 5 nitrogen and oxygen atoms in total. The summed E-state index contributed by atoms with van der Waals surface area (Å²) in [7, 11) is 0. The summed E-state index contributed by atoms with van der Waals surface area (Å²) >= 11 is 0. The molecule has 0 saturated heterocycles. The lowest BCUT2D eigenvalue weighted by Crippen LogP contribution is -2.00. The van der Waals surface area contributed by atoms with Gasteiger partial charge < -0.3 is 15.1 Å². The third-order valence-corrected chi connectivity index (χ3v) is 3.14. The third-order valence-electron chi connectivity index (χ3n) is 3.14. The van der Waals surface area contributed by atoms with E-state index in [0.29, 0.717) is 0 Å². The fraction of sp³-hybridized carbons (Fsp3) is 0.0667. The van der Waals surface area contributed by atoms with Gasteiger partial charge in [-0.1, -0.05) is 36.4 Å². The number of aromatic nitrogens is 2. The van der Waals surface area contributed by atoms with Gasteiger partial charge in [-0.05, 0) is 17.2 Å². The van der Waals surface area contributed by atoms with Crippen LogP contribution < -0.4 is 5.69 Å². The van der Waals surface area contributed by atoms with E-state index in [1.165, 1.54) is 0 Å². The molecule has 0 saturated carbocycles. The van der Waals surface area contributed by atoms with Crippen LogP contribution in [0, 0.1) is 0 Å². The van der Waals surface area contributed by atoms with Gasteiger partial charge in [0, 0.05) is 5.56 Å². The van der Waals surface area contributed by atoms with Crippen LogP contribution in [-0.2, 0) is 11.2 Å². The highest BCUT2D eigenvalue weighted by Gasteiger charge is 2.08. The quantitative estimate of drug-likeness (QED) is 0.680. The maximum Gasteiger partial charge on any atom is 0.323 e. The molecule has 1 aromatic heterocycles. The van der Waals surface area contributed by atoms with E-state index in [-0.39, 0.29) is 12.1 Å². The van der Waals surface area contributed by atoms with Gasteiger partial charge in [0.2, 0.25) is 0 Å². The van der Waals surface area contributed by atoms with E-state index in [4.69, 9.17) is 5.11 Å². The van der Waals surface area contributed by atoms with Gasteiger partial charge in [-0.15, -0.1) is 0 Å². The number of para-hydroxylation sites is 1. The number of aliphatic carboxylic acids is 1. The smallest absolute Gasteiger partial charge is 0.323 e. The molecule has 0 amide bonds. The van der Waals surface area contributed by atoms with E-state index >= 15 is 0 Å². The van der Waals surface area contributed by atoms with Crippen LogP contribution in [0.4, 0.5) is 0 Å². The van der Waals surface area contributed by atoms with Gasteiger partial charge in [-0.25, -0.2) is 4.79 Å². The summed E-state index contributed by atoms with van der Waals surface area (Å²) in [4.78, 5) is 27.6. The molecule has 0 aliphatic rings. The maximum absolute atomic E-state index is 11.4. The summed E-state index contributed by atoms with van der Waals surface area (Å²) in [6.45, 7) is 0. The van der Waals surface area contributed by atoms with Crippen LogP contribution in [0.5, 0.6) is 0 Å². The van der Waals surface area contributed by atoms with Crippen LogP contribution in [-0.4, -0.2) is 21.0 Å². The lowest BCUT2D eigenvalue weighted by atomic mass is 10.0. The number of carboxylic acid groups (broad SMARTS) is 1. The summed E-state index contributed by atoms with van der Waals surface area (Å²) in [5.41, 5.74) is 3.68. The minimum absolute atomic E-state index is 0.0204. The molecule has 0 aliphatic heterocycles. The van der Waals surface area contributed by atoms with Crippen molar-refractivity contribution in [2.45, 2.75) is 6.42 Å². The van der Waals surface area contributed by atoms with E-state index in [1.54, 1.807) is 6.07 Å². The first-order valence-electron chi connectivity index (χ1n) is 6.15. The second kappa shape index (κ2) is 4.70. The first-order valence-corrected chi connectivity index (χ1v) is 6.15. The van der Waals surface area contributed by atoms with E-state index in [0.717, 1.165) is 27.7 Å². The fourth-order valence-corrected chi connectivity index (χ4v) is 2.32. The zero-order valence-corrected chi connectivity index (χ0v) is 10.5. The summed E-state index contributed by atoms with van der Waals surface area (Å²) in [5.74, 6) is -0.865. The Labute approximate surface area is 113 Å². The minimum Gasteiger partial charge on any atom is -0.481 e. The van der Waals surface area contributed by atoms with E-state index < -0.39 is 5.97 Å². The first-order chi connectivity index (χ1) is 9.63. The average molecular weight is 268 g/mol. The van der Waals surface area contributed by atoms with E-state index in [1.807, 2.05) is 36.4 Å². The Morgan fingerprint density at radius 2 is 1.90 bits per heavy atom. The van der Waals surface area contributed by atoms with Crippen LogP contribution in [0.2, 0.25) is 0 Å². The minimum atomic E-state index is -0.865. The number of aromatic amines is 2. The number of imidazole rings is 1. The number of hydrogen-bond donors (Lipinski definition) is 3. The molecule has 0 atom stereocenters. The Kier molecular flexibility index (Phi) is 2.87. The van der Waals surface area contributed by atoms with Crippen LogP contribution in [0.3, 0.4) is 0 Å². The third kappa shape index (κ3) is 2.21. The molecule has 0 fully saturated rings. The van der Waals surface area contributed by atoms with Crippen molar-refractivity contribution in [3.8, 4) is 11.1 Å². The van der Waals surface area contributed by atoms with Crippen molar-refractivity contribution in [3.05, 3.63) is 58.5 Å². The van der Waals surface area contributed by atoms with E-state index in [9.17, 15) is 9.59 Å². The zero-order chi connectivity index (χ0) is 14.1. The van der Waals surface area contributed by atoms with Crippen molar-refractivity contribution in [2.24, 2.45) is 0 Å². The Morgan fingerprint density at radius 3 is 2.70 bits per heavy atom. The highest BCUT2D eigenvalue weighted by atomic mass is 16.4. The number of rotatable bonds is 3. The largest absolute Gasteiger partial charge is 0.481 e. The predicted octanol–water partition coefficient (Wildman–Crippen LogP) is 2.15. The number of hydrogen-bond acceptors (Lipinski definition) is 2. The van der Waals surface area contributed by atoms with Crippen molar-refractivity contribution in [3.63, 3.8) is 0 Å². The summed E-state index contributed by atoms with van der Waals surface area (Å²) in [5, 5.41) is 8.85. The van der Waals surface area contributed by atoms with Crippen LogP contribution in [0.15, 0.2) is 47.3 Å². The summed E-state index contributed by atoms with van der Waals surface area (Å²) in [6, 6.07) is 12.9. The number of H-pyrrole nitrogens is 2. The van der Waals surface area contributed by atoms with Crippen LogP contribution in [0.25, 0.3) is 22.2 Å². The molecule has 2 aromatic carbocycles. The molecule has 3 rings (SSSR count). The SMILES string of the molecule is O=C(O)Cc1cccc(-c2cccc3[nH]c(=O)[nH]c23)c1. The van der Waals surface area contributed by atoms with Crippen molar-refractivity contribution in [1.29, 1.82) is 0 Å². The second-order valence-electron chi connectivity index (χ2n) is 4.58. The number of benzene rings is 2. The lowest BCUT2D eigenvalue weighted by Gasteiger charge is -2.05. The molecule has 1 heterocycles. The molecular weight excluding hydrogens is 256 g/mol. The van der Waals surface area contributed by atoms with Gasteiger partial charge in [-0.3, -0.25) is 4.79 Å². The predicted molar refractivity (Wildman–Crippen MR) is 75.7 cm³/mol.